The summed E-state index contributed by atoms with van der Waals surface area (Å²) in [4.78, 5) is 23.9. The van der Waals surface area contributed by atoms with Crippen LogP contribution in [0, 0.1) is 12.7 Å². The number of anilines is 2. The van der Waals surface area contributed by atoms with Crippen molar-refractivity contribution in [2.24, 2.45) is 0 Å². The maximum Gasteiger partial charge on any atom is 0.253 e. The van der Waals surface area contributed by atoms with E-state index in [2.05, 4.69) is 25.6 Å². The number of aryl methyl sites for hydroxylation is 1. The molecule has 1 amide bonds. The van der Waals surface area contributed by atoms with Gasteiger partial charge in [-0.15, -0.1) is 0 Å². The molecule has 0 fully saturated rings. The van der Waals surface area contributed by atoms with Crippen LogP contribution in [0.1, 0.15) is 21.6 Å². The molecule has 0 atom stereocenters. The number of halogens is 2. The fourth-order valence-corrected chi connectivity index (χ4v) is 3.24. The molecule has 2 aromatic heterocycles. The van der Waals surface area contributed by atoms with Crippen LogP contribution >= 0.6 is 11.6 Å². The highest BCUT2D eigenvalue weighted by Crippen LogP contribution is 2.31. The molecule has 2 heterocycles. The molecule has 29 heavy (non-hydrogen) atoms. The zero-order chi connectivity index (χ0) is 20.4. The molecule has 0 bridgehead atoms. The number of carbonyl (C=O) groups excluding carboxylic acids is 1. The van der Waals surface area contributed by atoms with Gasteiger partial charge in [0.2, 0.25) is 0 Å². The molecular formula is C21H17ClFN5O. The second-order valence-corrected chi connectivity index (χ2v) is 6.94. The Labute approximate surface area is 171 Å². The maximum absolute atomic E-state index is 15.2. The van der Waals surface area contributed by atoms with Crippen LogP contribution < -0.4 is 10.6 Å². The van der Waals surface area contributed by atoms with Crippen molar-refractivity contribution in [3.05, 3.63) is 82.6 Å². The van der Waals surface area contributed by atoms with Crippen LogP contribution in [0.15, 0.2) is 55.0 Å². The quantitative estimate of drug-likeness (QED) is 0.445. The smallest absolute Gasteiger partial charge is 0.253 e. The highest BCUT2D eigenvalue weighted by Gasteiger charge is 2.21. The summed E-state index contributed by atoms with van der Waals surface area (Å²) in [7, 11) is 0. The molecule has 2 aromatic carbocycles. The number of nitrogens with one attached hydrogen (secondary N) is 3. The third-order valence-electron chi connectivity index (χ3n) is 4.50. The second kappa shape index (κ2) is 7.89. The molecular weight excluding hydrogens is 393 g/mol. The van der Waals surface area contributed by atoms with Crippen LogP contribution in [0.4, 0.5) is 15.8 Å². The van der Waals surface area contributed by atoms with Crippen molar-refractivity contribution < 1.29 is 9.18 Å². The van der Waals surface area contributed by atoms with Crippen LogP contribution in [0.25, 0.3) is 11.0 Å². The van der Waals surface area contributed by atoms with Gasteiger partial charge in [0.25, 0.3) is 5.91 Å². The van der Waals surface area contributed by atoms with E-state index in [0.717, 1.165) is 5.56 Å². The van der Waals surface area contributed by atoms with E-state index in [0.29, 0.717) is 21.9 Å². The van der Waals surface area contributed by atoms with Crippen molar-refractivity contribution in [2.45, 2.75) is 13.5 Å². The fraction of sp³-hybridized carbons (Fsp3) is 0.0952. The molecule has 0 saturated carbocycles. The molecule has 0 unspecified atom stereocenters. The third kappa shape index (κ3) is 3.90. The Morgan fingerprint density at radius 2 is 2.07 bits per heavy atom. The molecule has 4 aromatic rings. The largest absolute Gasteiger partial charge is 0.352 e. The third-order valence-corrected chi connectivity index (χ3v) is 4.74. The lowest BCUT2D eigenvalue weighted by Gasteiger charge is -2.15. The van der Waals surface area contributed by atoms with Crippen LogP contribution in [0.2, 0.25) is 5.02 Å². The summed E-state index contributed by atoms with van der Waals surface area (Å²) >= 11 is 6.01. The highest BCUT2D eigenvalue weighted by atomic mass is 35.5. The van der Waals surface area contributed by atoms with Gasteiger partial charge in [0.1, 0.15) is 5.52 Å². The number of aromatic amines is 1. The summed E-state index contributed by atoms with van der Waals surface area (Å²) in [6, 6.07) is 12.2. The van der Waals surface area contributed by atoms with Crippen molar-refractivity contribution in [3.63, 3.8) is 0 Å². The molecule has 0 saturated heterocycles. The van der Waals surface area contributed by atoms with Crippen LogP contribution in [-0.2, 0) is 6.54 Å². The van der Waals surface area contributed by atoms with Crippen LogP contribution in [0.3, 0.4) is 0 Å². The summed E-state index contributed by atoms with van der Waals surface area (Å²) < 4.78 is 15.2. The molecule has 0 aliphatic heterocycles. The first-order valence-electron chi connectivity index (χ1n) is 8.90. The first-order chi connectivity index (χ1) is 14.0. The minimum absolute atomic E-state index is 0.0496. The molecule has 0 aliphatic carbocycles. The lowest BCUT2D eigenvalue weighted by atomic mass is 10.1. The number of rotatable bonds is 5. The van der Waals surface area contributed by atoms with Gasteiger partial charge in [-0.3, -0.25) is 9.78 Å². The summed E-state index contributed by atoms with van der Waals surface area (Å²) in [6.45, 7) is 2.07. The van der Waals surface area contributed by atoms with Crippen molar-refractivity contribution in [1.29, 1.82) is 0 Å². The van der Waals surface area contributed by atoms with Gasteiger partial charge in [-0.25, -0.2) is 9.37 Å². The average Bonchev–Trinajstić information content (AvgIpc) is 3.19. The van der Waals surface area contributed by atoms with Gasteiger partial charge in [-0.2, -0.15) is 0 Å². The summed E-state index contributed by atoms with van der Waals surface area (Å²) in [5, 5.41) is 6.39. The van der Waals surface area contributed by atoms with Gasteiger partial charge in [0.05, 0.1) is 35.3 Å². The lowest BCUT2D eigenvalue weighted by molar-refractivity contribution is 0.0951. The lowest BCUT2D eigenvalue weighted by Crippen LogP contribution is -2.24. The topological polar surface area (TPSA) is 82.7 Å². The van der Waals surface area contributed by atoms with E-state index in [4.69, 9.17) is 11.6 Å². The predicted molar refractivity (Wildman–Crippen MR) is 111 cm³/mol. The Kier molecular flexibility index (Phi) is 5.14. The molecule has 3 N–H and O–H groups in total. The SMILES string of the molecule is Cc1cc(Cl)ccc1Nc1c(C(=O)NCc2ccccn2)cc2[nH]cnc2c1F. The molecule has 8 heteroatoms. The van der Waals surface area contributed by atoms with E-state index >= 15 is 4.39 Å². The van der Waals surface area contributed by atoms with E-state index in [-0.39, 0.29) is 23.3 Å². The number of hydrogen-bond donors (Lipinski definition) is 3. The molecule has 6 nitrogen and oxygen atoms in total. The number of pyridine rings is 1. The van der Waals surface area contributed by atoms with Gasteiger partial charge in [0.15, 0.2) is 5.82 Å². The minimum Gasteiger partial charge on any atom is -0.352 e. The maximum atomic E-state index is 15.2. The van der Waals surface area contributed by atoms with Crippen molar-refractivity contribution in [3.8, 4) is 0 Å². The van der Waals surface area contributed by atoms with Crippen molar-refractivity contribution in [2.75, 3.05) is 5.32 Å². The summed E-state index contributed by atoms with van der Waals surface area (Å²) in [6.07, 6.45) is 3.04. The first kappa shape index (κ1) is 18.9. The summed E-state index contributed by atoms with van der Waals surface area (Å²) in [5.74, 6) is -1.04. The van der Waals surface area contributed by atoms with Crippen LogP contribution in [-0.4, -0.2) is 20.9 Å². The van der Waals surface area contributed by atoms with Crippen molar-refractivity contribution >= 4 is 39.9 Å². The molecule has 0 aliphatic rings. The molecule has 0 radical (unpaired) electrons. The minimum atomic E-state index is -0.610. The van der Waals surface area contributed by atoms with Crippen LogP contribution in [0.5, 0.6) is 0 Å². The van der Waals surface area contributed by atoms with Gasteiger partial charge in [0, 0.05) is 16.9 Å². The van der Waals surface area contributed by atoms with E-state index in [1.54, 1.807) is 42.6 Å². The normalized spacial score (nSPS) is 10.9. The predicted octanol–water partition coefficient (Wildman–Crippen LogP) is 4.73. The van der Waals surface area contributed by atoms with Gasteiger partial charge >= 0.3 is 0 Å². The summed E-state index contributed by atoms with van der Waals surface area (Å²) in [5.41, 5.74) is 2.95. The zero-order valence-corrected chi connectivity index (χ0v) is 16.2. The van der Waals surface area contributed by atoms with E-state index < -0.39 is 11.7 Å². The Balaban J connectivity index is 1.71. The number of imidazole rings is 1. The number of fused-ring (bicyclic) bond motifs is 1. The Bertz CT molecular complexity index is 1190. The number of nitrogens with zero attached hydrogens (tertiary/aromatic N) is 2. The molecule has 146 valence electrons. The number of aromatic nitrogens is 3. The van der Waals surface area contributed by atoms with E-state index in [1.165, 1.54) is 6.33 Å². The van der Waals surface area contributed by atoms with E-state index in [9.17, 15) is 4.79 Å². The number of hydrogen-bond acceptors (Lipinski definition) is 4. The Morgan fingerprint density at radius 3 is 2.83 bits per heavy atom. The number of H-pyrrole nitrogens is 1. The van der Waals surface area contributed by atoms with Crippen molar-refractivity contribution in [1.82, 2.24) is 20.3 Å². The highest BCUT2D eigenvalue weighted by molar-refractivity contribution is 6.30. The fourth-order valence-electron chi connectivity index (χ4n) is 3.01. The number of carbonyl (C=O) groups is 1. The first-order valence-corrected chi connectivity index (χ1v) is 9.27. The molecule has 4 rings (SSSR count). The van der Waals surface area contributed by atoms with Gasteiger partial charge in [-0.1, -0.05) is 17.7 Å². The van der Waals surface area contributed by atoms with Gasteiger partial charge in [-0.05, 0) is 48.9 Å². The molecule has 0 spiro atoms. The number of amides is 1. The monoisotopic (exact) mass is 409 g/mol. The Morgan fingerprint density at radius 1 is 1.21 bits per heavy atom. The second-order valence-electron chi connectivity index (χ2n) is 6.50. The number of benzene rings is 2. The zero-order valence-electron chi connectivity index (χ0n) is 15.5. The van der Waals surface area contributed by atoms with Gasteiger partial charge < -0.3 is 15.6 Å². The van der Waals surface area contributed by atoms with E-state index in [1.807, 2.05) is 13.0 Å². The Hall–Kier alpha value is -3.45. The average molecular weight is 410 g/mol. The standard InChI is InChI=1S/C21H17ClFN5O/c1-12-8-13(22)5-6-16(12)28-19-15(9-17-20(18(19)23)27-11-26-17)21(29)25-10-14-4-2-3-7-24-14/h2-9,11,28H,10H2,1H3,(H,25,29)(H,26,27).